The molecule has 0 saturated carbocycles. The molecule has 0 heterocycles. The van der Waals surface area contributed by atoms with E-state index in [4.69, 9.17) is 11.8 Å². The van der Waals surface area contributed by atoms with Crippen LogP contribution in [-0.2, 0) is 0 Å². The molecule has 0 aliphatic carbocycles. The van der Waals surface area contributed by atoms with Gasteiger partial charge in [0, 0.05) is 45.7 Å². The molecule has 0 radical (unpaired) electrons. The fourth-order valence-corrected chi connectivity index (χ4v) is 0. The lowest BCUT2D eigenvalue weighted by atomic mass is 13.9. The third-order valence-electron chi connectivity index (χ3n) is 0. The van der Waals surface area contributed by atoms with Gasteiger partial charge in [-0.1, -0.05) is 0.846 Å². The van der Waals surface area contributed by atoms with Crippen LogP contribution in [0, 0.1) is 0 Å². The van der Waals surface area contributed by atoms with Crippen molar-refractivity contribution in [3.63, 3.8) is 0 Å². The van der Waals surface area contributed by atoms with Crippen LogP contribution < -0.4 is 0 Å². The van der Waals surface area contributed by atoms with Gasteiger partial charge in [0.25, 0.3) is 0 Å². The molecule has 4 heteroatoms. The maximum atomic E-state index is 5.08. The third kappa shape index (κ3) is 9.32. The Morgan fingerprint density at radius 2 is 1.50 bits per heavy atom. The van der Waals surface area contributed by atoms with E-state index in [1.807, 2.05) is 45.7 Å². The first-order chi connectivity index (χ1) is 1.73. The van der Waals surface area contributed by atoms with Crippen LogP contribution in [0.1, 0.15) is 0 Å². The van der Waals surface area contributed by atoms with E-state index in [1.54, 1.807) is 0 Å². The smallest absolute Gasteiger partial charge is 0.0493 e. The monoisotopic (exact) mass is 303 g/mol. The molecule has 0 unspecified atom stereocenters. The Balaban J connectivity index is 2.32. The summed E-state index contributed by atoms with van der Waals surface area (Å²) in [4.78, 5) is 0. The van der Waals surface area contributed by atoms with Gasteiger partial charge in [-0.2, -0.15) is 0 Å². The summed E-state index contributed by atoms with van der Waals surface area (Å²) >= 11 is 8.94. The summed E-state index contributed by atoms with van der Waals surface area (Å²) in [6, 6.07) is 0. The highest BCUT2D eigenvalue weighted by Gasteiger charge is 1.70. The lowest BCUT2D eigenvalue weighted by Gasteiger charge is -1.77. The molecule has 26 valence electrons. The van der Waals surface area contributed by atoms with Gasteiger partial charge in [0.2, 0.25) is 0 Å². The van der Waals surface area contributed by atoms with Gasteiger partial charge < -0.3 is 0 Å². The van der Waals surface area contributed by atoms with E-state index >= 15 is 0 Å². The number of hydrogen-bond donors (Lipinski definition) is 0. The lowest BCUT2D eigenvalue weighted by molar-refractivity contribution is 1.45. The fourth-order valence-electron chi connectivity index (χ4n) is 0. The minimum absolute atomic E-state index is 1.41. The zero-order chi connectivity index (χ0) is 3.58. The van der Waals surface area contributed by atoms with E-state index in [0.29, 0.717) is 0 Å². The van der Waals surface area contributed by atoms with Crippen molar-refractivity contribution in [1.29, 1.82) is 0 Å². The minimum atomic E-state index is 1.41. The number of nitrogens with zero attached hydrogens (tertiary/aromatic N) is 1. The van der Waals surface area contributed by atoms with Crippen LogP contribution in [0.2, 0.25) is 0 Å². The lowest BCUT2D eigenvalue weighted by Crippen LogP contribution is -1.57. The summed E-state index contributed by atoms with van der Waals surface area (Å²) < 4.78 is 1.41. The van der Waals surface area contributed by atoms with Gasteiger partial charge in [0.15, 0.2) is 0 Å². The molecule has 0 saturated heterocycles. The Bertz CT molecular complexity index is 10.8. The Labute approximate surface area is 57.8 Å². The van der Waals surface area contributed by atoms with Crippen molar-refractivity contribution in [2.45, 2.75) is 0 Å². The second kappa shape index (κ2) is 2.92. The van der Waals surface area contributed by atoms with Crippen molar-refractivity contribution < 1.29 is 0 Å². The first-order valence-electron chi connectivity index (χ1n) is 0.507. The molecule has 0 aromatic rings. The zero-order valence-electron chi connectivity index (χ0n) is 1.58. The van der Waals surface area contributed by atoms with Crippen LogP contribution in [0.4, 0.5) is 0 Å². The summed E-state index contributed by atoms with van der Waals surface area (Å²) in [5.41, 5.74) is 0. The summed E-state index contributed by atoms with van der Waals surface area (Å²) in [5, 5.41) is 0. The molecule has 0 aliphatic heterocycles. The molecule has 0 spiro atoms. The maximum absolute atomic E-state index is 5.08. The molecular formula is ClI2N. The van der Waals surface area contributed by atoms with Crippen molar-refractivity contribution in [3.8, 4) is 0 Å². The maximum Gasteiger partial charge on any atom is 0.0493 e. The van der Waals surface area contributed by atoms with Crippen LogP contribution in [0.3, 0.4) is 0 Å². The van der Waals surface area contributed by atoms with Crippen LogP contribution in [0.5, 0.6) is 0 Å². The number of rotatable bonds is 0. The fraction of sp³-hybridized carbons (Fsp3) is 0. The molecule has 0 fully saturated rings. The normalized spacial score (nSPS) is 9.00. The van der Waals surface area contributed by atoms with E-state index < -0.39 is 0 Å². The molecule has 0 amide bonds. The van der Waals surface area contributed by atoms with E-state index in [0.717, 1.165) is 0 Å². The molecule has 0 atom stereocenters. The highest BCUT2D eigenvalue weighted by molar-refractivity contribution is 14.2. The molecule has 1 nitrogen and oxygen atoms in total. The summed E-state index contributed by atoms with van der Waals surface area (Å²) in [7, 11) is 0. The van der Waals surface area contributed by atoms with Crippen LogP contribution >= 0.6 is 57.5 Å². The van der Waals surface area contributed by atoms with Crippen LogP contribution in [0.15, 0.2) is 0 Å². The van der Waals surface area contributed by atoms with E-state index in [-0.39, 0.29) is 0 Å². The van der Waals surface area contributed by atoms with E-state index in [1.165, 1.54) is 0.846 Å². The largest absolute Gasteiger partial charge is 0.0984 e. The van der Waals surface area contributed by atoms with Crippen molar-refractivity contribution in [1.82, 2.24) is 0.846 Å². The Morgan fingerprint density at radius 3 is 1.50 bits per heavy atom. The Morgan fingerprint density at radius 1 is 1.50 bits per heavy atom. The van der Waals surface area contributed by atoms with Crippen molar-refractivity contribution in [2.24, 2.45) is 0 Å². The van der Waals surface area contributed by atoms with Crippen molar-refractivity contribution in [2.75, 3.05) is 0 Å². The molecule has 0 rings (SSSR count). The molecule has 0 bridgehead atoms. The second-order valence-electron chi connectivity index (χ2n) is 0.192. The van der Waals surface area contributed by atoms with E-state index in [9.17, 15) is 0 Å². The Hall–Kier alpha value is 1.71. The molecule has 0 aliphatic rings. The first kappa shape index (κ1) is 5.71. The second-order valence-corrected chi connectivity index (χ2v) is 5.45. The highest BCUT2D eigenvalue weighted by Crippen LogP contribution is 2.08. The van der Waals surface area contributed by atoms with Crippen LogP contribution in [-0.4, -0.2) is 0.846 Å². The molecular weight excluding hydrogens is 303 g/mol. The Kier molecular flexibility index (Phi) is 4.17. The topological polar surface area (TPSA) is 3.24 Å². The van der Waals surface area contributed by atoms with Crippen LogP contribution in [0.25, 0.3) is 0 Å². The van der Waals surface area contributed by atoms with Gasteiger partial charge in [-0.25, -0.2) is 0 Å². The summed E-state index contributed by atoms with van der Waals surface area (Å²) in [5.74, 6) is 0. The van der Waals surface area contributed by atoms with Gasteiger partial charge in [-0.05, 0) is 11.8 Å². The standard InChI is InChI=1S/ClI2N/c1-4(2)3. The van der Waals surface area contributed by atoms with Gasteiger partial charge in [0.1, 0.15) is 0 Å². The minimum Gasteiger partial charge on any atom is -0.0984 e. The van der Waals surface area contributed by atoms with Gasteiger partial charge in [-0.15, -0.1) is 0 Å². The van der Waals surface area contributed by atoms with Crippen molar-refractivity contribution >= 4 is 57.5 Å². The SMILES string of the molecule is ClN(I)I. The average molecular weight is 303 g/mol. The van der Waals surface area contributed by atoms with E-state index in [2.05, 4.69) is 0 Å². The molecule has 0 N–H and O–H groups in total. The van der Waals surface area contributed by atoms with Gasteiger partial charge in [0.05, 0.1) is 0 Å². The average Bonchev–Trinajstić information content (AvgIpc) is 0.811. The quantitative estimate of drug-likeness (QED) is 0.489. The molecule has 0 aromatic carbocycles. The first-order valence-corrected chi connectivity index (χ1v) is 2.77. The highest BCUT2D eigenvalue weighted by atomic mass is 127. The number of halogens is 3. The third-order valence-corrected chi connectivity index (χ3v) is 0. The number of hydrogen-bond acceptors (Lipinski definition) is 1. The summed E-state index contributed by atoms with van der Waals surface area (Å²) in [6.07, 6.45) is 0. The summed E-state index contributed by atoms with van der Waals surface area (Å²) in [6.45, 7) is 0. The van der Waals surface area contributed by atoms with Crippen molar-refractivity contribution in [3.05, 3.63) is 0 Å². The zero-order valence-corrected chi connectivity index (χ0v) is 6.65. The predicted octanol–water partition coefficient (Wildman–Crippen LogP) is 2.14. The molecule has 0 aromatic heterocycles. The molecule has 4 heavy (non-hydrogen) atoms. The predicted molar refractivity (Wildman–Crippen MR) is 35.7 cm³/mol. The van der Waals surface area contributed by atoms with Gasteiger partial charge in [-0.3, -0.25) is 0 Å². The van der Waals surface area contributed by atoms with Gasteiger partial charge >= 0.3 is 0 Å².